The second-order valence-electron chi connectivity index (χ2n) is 4.98. The van der Waals surface area contributed by atoms with E-state index in [9.17, 15) is 4.79 Å². The van der Waals surface area contributed by atoms with Crippen molar-refractivity contribution in [2.75, 3.05) is 5.32 Å². The van der Waals surface area contributed by atoms with Crippen molar-refractivity contribution in [1.82, 2.24) is 9.97 Å². The van der Waals surface area contributed by atoms with E-state index >= 15 is 0 Å². The van der Waals surface area contributed by atoms with E-state index in [1.54, 1.807) is 0 Å². The highest BCUT2D eigenvalue weighted by Gasteiger charge is 2.08. The highest BCUT2D eigenvalue weighted by atomic mass is 127. The molecule has 0 bridgehead atoms. The lowest BCUT2D eigenvalue weighted by Crippen LogP contribution is -2.08. The minimum atomic E-state index is -0.217. The van der Waals surface area contributed by atoms with Gasteiger partial charge in [-0.2, -0.15) is 0 Å². The minimum absolute atomic E-state index is 0.217. The van der Waals surface area contributed by atoms with E-state index in [2.05, 4.69) is 50.5 Å². The number of nitrogens with zero attached hydrogens (tertiary/aromatic N) is 1. The zero-order chi connectivity index (χ0) is 15.7. The average Bonchev–Trinajstić information content (AvgIpc) is 2.90. The Labute approximate surface area is 141 Å². The van der Waals surface area contributed by atoms with Crippen molar-refractivity contribution in [1.29, 1.82) is 0 Å². The van der Waals surface area contributed by atoms with Crippen molar-refractivity contribution < 1.29 is 4.79 Å². The van der Waals surface area contributed by atoms with Crippen LogP contribution in [-0.4, -0.2) is 15.9 Å². The summed E-state index contributed by atoms with van der Waals surface area (Å²) in [5.41, 5.74) is 4.84. The molecule has 0 aliphatic rings. The Balaban J connectivity index is 2.06. The van der Waals surface area contributed by atoms with Crippen LogP contribution in [0, 0.1) is 10.5 Å². The molecule has 4 nitrogen and oxygen atoms in total. The summed E-state index contributed by atoms with van der Waals surface area (Å²) in [6, 6.07) is 8.06. The molecule has 0 fully saturated rings. The molecule has 110 valence electrons. The molecule has 0 aliphatic heterocycles. The van der Waals surface area contributed by atoms with Gasteiger partial charge in [-0.3, -0.25) is 4.79 Å². The molecule has 0 radical (unpaired) electrons. The number of rotatable bonds is 3. The van der Waals surface area contributed by atoms with Crippen molar-refractivity contribution in [3.05, 3.63) is 58.4 Å². The van der Waals surface area contributed by atoms with Crippen LogP contribution in [0.2, 0.25) is 0 Å². The summed E-state index contributed by atoms with van der Waals surface area (Å²) in [7, 11) is 0. The number of hydrogen-bond donors (Lipinski definition) is 2. The van der Waals surface area contributed by atoms with Crippen molar-refractivity contribution in [2.45, 2.75) is 6.92 Å². The van der Waals surface area contributed by atoms with Gasteiger partial charge in [-0.1, -0.05) is 12.6 Å². The number of anilines is 1. The molecule has 1 aromatic carbocycles. The summed E-state index contributed by atoms with van der Waals surface area (Å²) in [6.45, 7) is 5.53. The SMILES string of the molecule is C=CC(=O)Nc1cc(-c2cnc3[nH]cc(C)c3c2)ccc1I. The number of aryl methyl sites for hydroxylation is 1. The number of hydrogen-bond acceptors (Lipinski definition) is 2. The number of aromatic nitrogens is 2. The lowest BCUT2D eigenvalue weighted by Gasteiger charge is -2.09. The van der Waals surface area contributed by atoms with Gasteiger partial charge in [0.05, 0.1) is 5.69 Å². The Hall–Kier alpha value is -2.15. The van der Waals surface area contributed by atoms with Gasteiger partial charge in [0.2, 0.25) is 5.91 Å². The minimum Gasteiger partial charge on any atom is -0.346 e. The molecule has 0 saturated carbocycles. The highest BCUT2D eigenvalue weighted by molar-refractivity contribution is 14.1. The number of amides is 1. The molecule has 5 heteroatoms. The van der Waals surface area contributed by atoms with Gasteiger partial charge >= 0.3 is 0 Å². The largest absolute Gasteiger partial charge is 0.346 e. The fourth-order valence-electron chi connectivity index (χ4n) is 2.28. The van der Waals surface area contributed by atoms with Crippen molar-refractivity contribution in [2.24, 2.45) is 0 Å². The normalized spacial score (nSPS) is 10.6. The summed E-state index contributed by atoms with van der Waals surface area (Å²) >= 11 is 2.19. The number of carbonyl (C=O) groups is 1. The van der Waals surface area contributed by atoms with Gasteiger partial charge in [0.15, 0.2) is 0 Å². The molecule has 0 aliphatic carbocycles. The van der Waals surface area contributed by atoms with E-state index in [0.717, 1.165) is 37.0 Å². The number of carbonyl (C=O) groups excluding carboxylic acids is 1. The molecule has 1 amide bonds. The molecule has 2 N–H and O–H groups in total. The number of halogens is 1. The monoisotopic (exact) mass is 403 g/mol. The Morgan fingerprint density at radius 2 is 2.18 bits per heavy atom. The van der Waals surface area contributed by atoms with E-state index in [1.165, 1.54) is 6.08 Å². The molecule has 3 aromatic rings. The molecule has 0 spiro atoms. The average molecular weight is 403 g/mol. The van der Waals surface area contributed by atoms with Crippen LogP contribution < -0.4 is 5.32 Å². The first-order chi connectivity index (χ1) is 10.6. The van der Waals surface area contributed by atoms with Gasteiger partial charge in [0.1, 0.15) is 5.65 Å². The quantitative estimate of drug-likeness (QED) is 0.507. The zero-order valence-corrected chi connectivity index (χ0v) is 14.1. The van der Waals surface area contributed by atoms with Gasteiger partial charge in [0, 0.05) is 26.9 Å². The fourth-order valence-corrected chi connectivity index (χ4v) is 2.75. The third kappa shape index (κ3) is 2.76. The smallest absolute Gasteiger partial charge is 0.247 e. The first-order valence-corrected chi connectivity index (χ1v) is 7.83. The third-order valence-corrected chi connectivity index (χ3v) is 4.42. The predicted octanol–water partition coefficient (Wildman–Crippen LogP) is 4.27. The van der Waals surface area contributed by atoms with Crippen molar-refractivity contribution >= 4 is 45.2 Å². The van der Waals surface area contributed by atoms with E-state index in [1.807, 2.05) is 37.5 Å². The Kier molecular flexibility index (Phi) is 3.98. The summed E-state index contributed by atoms with van der Waals surface area (Å²) in [4.78, 5) is 19.1. The molecule has 0 saturated heterocycles. The molecule has 3 rings (SSSR count). The van der Waals surface area contributed by atoms with Crippen LogP contribution in [0.5, 0.6) is 0 Å². The Bertz CT molecular complexity index is 883. The molecular formula is C17H14IN3O. The lowest BCUT2D eigenvalue weighted by atomic mass is 10.1. The van der Waals surface area contributed by atoms with Crippen LogP contribution in [0.4, 0.5) is 5.69 Å². The maximum Gasteiger partial charge on any atom is 0.247 e. The molecular weight excluding hydrogens is 389 g/mol. The number of benzene rings is 1. The fraction of sp³-hybridized carbons (Fsp3) is 0.0588. The molecule has 22 heavy (non-hydrogen) atoms. The van der Waals surface area contributed by atoms with Crippen molar-refractivity contribution in [3.63, 3.8) is 0 Å². The second kappa shape index (κ2) is 5.92. The predicted molar refractivity (Wildman–Crippen MR) is 97.8 cm³/mol. The van der Waals surface area contributed by atoms with Crippen LogP contribution in [0.25, 0.3) is 22.2 Å². The van der Waals surface area contributed by atoms with Crippen LogP contribution in [0.3, 0.4) is 0 Å². The van der Waals surface area contributed by atoms with E-state index < -0.39 is 0 Å². The van der Waals surface area contributed by atoms with Gasteiger partial charge in [-0.25, -0.2) is 4.98 Å². The third-order valence-electron chi connectivity index (χ3n) is 3.48. The first kappa shape index (κ1) is 14.8. The topological polar surface area (TPSA) is 57.8 Å². The van der Waals surface area contributed by atoms with Crippen LogP contribution >= 0.6 is 22.6 Å². The van der Waals surface area contributed by atoms with Crippen LogP contribution in [-0.2, 0) is 4.79 Å². The van der Waals surface area contributed by atoms with Crippen LogP contribution in [0.15, 0.2) is 49.3 Å². The Morgan fingerprint density at radius 3 is 2.95 bits per heavy atom. The lowest BCUT2D eigenvalue weighted by molar-refractivity contribution is -0.111. The standard InChI is InChI=1S/C17H14IN3O/c1-3-16(22)21-15-7-11(4-5-14(15)18)12-6-13-10(2)8-19-17(13)20-9-12/h3-9H,1H2,2H3,(H,19,20)(H,21,22). The Morgan fingerprint density at radius 1 is 1.36 bits per heavy atom. The number of nitrogens with one attached hydrogen (secondary N) is 2. The van der Waals surface area contributed by atoms with Crippen molar-refractivity contribution in [3.8, 4) is 11.1 Å². The molecule has 0 atom stereocenters. The van der Waals surface area contributed by atoms with E-state index in [4.69, 9.17) is 0 Å². The highest BCUT2D eigenvalue weighted by Crippen LogP contribution is 2.29. The summed E-state index contributed by atoms with van der Waals surface area (Å²) in [5.74, 6) is -0.217. The van der Waals surface area contributed by atoms with Crippen LogP contribution in [0.1, 0.15) is 5.56 Å². The van der Waals surface area contributed by atoms with E-state index in [-0.39, 0.29) is 5.91 Å². The number of fused-ring (bicyclic) bond motifs is 1. The maximum atomic E-state index is 11.5. The number of H-pyrrole nitrogens is 1. The summed E-state index contributed by atoms with van der Waals surface area (Å²) < 4.78 is 0.975. The summed E-state index contributed by atoms with van der Waals surface area (Å²) in [6.07, 6.45) is 5.05. The molecule has 2 heterocycles. The number of aromatic amines is 1. The molecule has 0 unspecified atom stereocenters. The van der Waals surface area contributed by atoms with Gasteiger partial charge in [-0.15, -0.1) is 0 Å². The second-order valence-corrected chi connectivity index (χ2v) is 6.14. The van der Waals surface area contributed by atoms with Gasteiger partial charge in [-0.05, 0) is 64.9 Å². The zero-order valence-electron chi connectivity index (χ0n) is 12.0. The van der Waals surface area contributed by atoms with E-state index in [0.29, 0.717) is 0 Å². The maximum absolute atomic E-state index is 11.5. The summed E-state index contributed by atoms with van der Waals surface area (Å²) in [5, 5.41) is 3.93. The van der Waals surface area contributed by atoms with Gasteiger partial charge in [0.25, 0.3) is 0 Å². The van der Waals surface area contributed by atoms with Gasteiger partial charge < -0.3 is 10.3 Å². The number of pyridine rings is 1. The first-order valence-electron chi connectivity index (χ1n) is 6.75. The molecule has 2 aromatic heterocycles.